The molecule has 1 N–H and O–H groups in total. The molecule has 1 amide bonds. The van der Waals surface area contributed by atoms with E-state index >= 15 is 0 Å². The van der Waals surface area contributed by atoms with Gasteiger partial charge in [0.15, 0.2) is 0 Å². The van der Waals surface area contributed by atoms with Gasteiger partial charge in [-0.05, 0) is 50.9 Å². The maximum absolute atomic E-state index is 12.8. The van der Waals surface area contributed by atoms with Gasteiger partial charge >= 0.3 is 0 Å². The number of amides is 1. The quantitative estimate of drug-likeness (QED) is 0.899. The lowest BCUT2D eigenvalue weighted by atomic mass is 10.1. The zero-order chi connectivity index (χ0) is 14.7. The van der Waals surface area contributed by atoms with Crippen LogP contribution in [0.25, 0.3) is 0 Å². The van der Waals surface area contributed by atoms with Gasteiger partial charge in [0.1, 0.15) is 5.69 Å². The predicted molar refractivity (Wildman–Crippen MR) is 79.9 cm³/mol. The first kappa shape index (κ1) is 14.2. The van der Waals surface area contributed by atoms with E-state index in [4.69, 9.17) is 5.26 Å². The molecule has 2 heterocycles. The van der Waals surface area contributed by atoms with Gasteiger partial charge in [-0.2, -0.15) is 5.26 Å². The molecule has 1 aromatic rings. The lowest BCUT2D eigenvalue weighted by Crippen LogP contribution is -2.37. The first-order chi connectivity index (χ1) is 10.3. The molecule has 21 heavy (non-hydrogen) atoms. The molecule has 1 aromatic heterocycles. The predicted octanol–water partition coefficient (Wildman–Crippen LogP) is 1.93. The Balaban J connectivity index is 1.77. The molecule has 1 saturated heterocycles. The maximum Gasteiger partial charge on any atom is 0.270 e. The minimum Gasteiger partial charge on any atom is -0.340 e. The number of carbonyl (C=O) groups excluding carboxylic acids is 1. The van der Waals surface area contributed by atoms with Gasteiger partial charge in [0.05, 0.1) is 12.5 Å². The van der Waals surface area contributed by atoms with Crippen molar-refractivity contribution in [1.82, 2.24) is 14.8 Å². The van der Waals surface area contributed by atoms with Gasteiger partial charge in [0.25, 0.3) is 5.91 Å². The number of nitriles is 1. The summed E-state index contributed by atoms with van der Waals surface area (Å²) in [6, 6.07) is 6.80. The second-order valence-corrected chi connectivity index (χ2v) is 5.92. The molecule has 1 saturated carbocycles. The van der Waals surface area contributed by atoms with Gasteiger partial charge in [0, 0.05) is 24.8 Å². The van der Waals surface area contributed by atoms with Crippen LogP contribution in [0.1, 0.15) is 48.6 Å². The van der Waals surface area contributed by atoms with E-state index in [0.717, 1.165) is 44.5 Å². The van der Waals surface area contributed by atoms with E-state index in [1.807, 2.05) is 23.2 Å². The van der Waals surface area contributed by atoms with Crippen LogP contribution in [0.2, 0.25) is 0 Å². The van der Waals surface area contributed by atoms with E-state index < -0.39 is 0 Å². The Morgan fingerprint density at radius 3 is 2.81 bits per heavy atom. The van der Waals surface area contributed by atoms with Crippen molar-refractivity contribution in [3.8, 4) is 6.07 Å². The molecule has 1 aliphatic heterocycles. The highest BCUT2D eigenvalue weighted by molar-refractivity contribution is 5.93. The summed E-state index contributed by atoms with van der Waals surface area (Å²) in [6.07, 6.45) is 6.72. The number of hydrogen-bond donors (Lipinski definition) is 1. The third kappa shape index (κ3) is 3.11. The first-order valence-corrected chi connectivity index (χ1v) is 7.86. The van der Waals surface area contributed by atoms with Crippen LogP contribution in [0, 0.1) is 11.3 Å². The second-order valence-electron chi connectivity index (χ2n) is 5.92. The van der Waals surface area contributed by atoms with Crippen LogP contribution >= 0.6 is 0 Å². The zero-order valence-electron chi connectivity index (χ0n) is 12.3. The molecule has 1 aliphatic carbocycles. The number of nitrogens with one attached hydrogen (secondary N) is 1. The monoisotopic (exact) mass is 286 g/mol. The van der Waals surface area contributed by atoms with Crippen LogP contribution in [-0.2, 0) is 0 Å². The van der Waals surface area contributed by atoms with Gasteiger partial charge < -0.3 is 14.8 Å². The largest absolute Gasteiger partial charge is 0.340 e. The molecule has 0 unspecified atom stereocenters. The molecule has 5 nitrogen and oxygen atoms in total. The fourth-order valence-corrected chi connectivity index (χ4v) is 3.13. The van der Waals surface area contributed by atoms with Crippen LogP contribution in [0.5, 0.6) is 0 Å². The van der Waals surface area contributed by atoms with Crippen molar-refractivity contribution >= 4 is 5.91 Å². The average Bonchev–Trinajstić information content (AvgIpc) is 3.24. The Morgan fingerprint density at radius 2 is 2.14 bits per heavy atom. The lowest BCUT2D eigenvalue weighted by molar-refractivity contribution is 0.0732. The fraction of sp³-hybridized carbons (Fsp3) is 0.625. The summed E-state index contributed by atoms with van der Waals surface area (Å²) in [6.45, 7) is 2.58. The number of piperidine rings is 1. The molecule has 0 bridgehead atoms. The highest BCUT2D eigenvalue weighted by Crippen LogP contribution is 2.29. The number of rotatable bonds is 5. The normalized spacial score (nSPS) is 19.2. The third-order valence-electron chi connectivity index (χ3n) is 4.41. The molecule has 5 heteroatoms. The standard InChI is InChI=1S/C16H22N4O/c17-8-2-12-20(13-4-5-13)16(21)15-3-1-11-19(15)14-6-9-18-10-7-14/h1,3,11,13-14,18H,2,4-7,9-10,12H2. The van der Waals surface area contributed by atoms with Crippen molar-refractivity contribution in [2.75, 3.05) is 19.6 Å². The van der Waals surface area contributed by atoms with Crippen LogP contribution < -0.4 is 5.32 Å². The second kappa shape index (κ2) is 6.31. The number of aromatic nitrogens is 1. The van der Waals surface area contributed by atoms with Crippen molar-refractivity contribution in [2.45, 2.75) is 44.2 Å². The Bertz CT molecular complexity index is 535. The minimum atomic E-state index is 0.0938. The van der Waals surface area contributed by atoms with Crippen LogP contribution in [0.3, 0.4) is 0 Å². The van der Waals surface area contributed by atoms with E-state index in [1.54, 1.807) is 0 Å². The molecule has 0 spiro atoms. The van der Waals surface area contributed by atoms with Gasteiger partial charge in [0.2, 0.25) is 0 Å². The molecule has 2 aliphatic rings. The molecule has 112 valence electrons. The van der Waals surface area contributed by atoms with Crippen LogP contribution in [0.4, 0.5) is 0 Å². The van der Waals surface area contributed by atoms with E-state index in [-0.39, 0.29) is 5.91 Å². The maximum atomic E-state index is 12.8. The van der Waals surface area contributed by atoms with E-state index in [9.17, 15) is 4.79 Å². The molecule has 0 radical (unpaired) electrons. The molecule has 3 rings (SSSR count). The summed E-state index contributed by atoms with van der Waals surface area (Å²) < 4.78 is 2.14. The van der Waals surface area contributed by atoms with Crippen LogP contribution in [0.15, 0.2) is 18.3 Å². The summed E-state index contributed by atoms with van der Waals surface area (Å²) >= 11 is 0. The van der Waals surface area contributed by atoms with Gasteiger partial charge in [-0.25, -0.2) is 0 Å². The summed E-state index contributed by atoms with van der Waals surface area (Å²) in [4.78, 5) is 14.7. The highest BCUT2D eigenvalue weighted by atomic mass is 16.2. The lowest BCUT2D eigenvalue weighted by Gasteiger charge is -2.28. The summed E-state index contributed by atoms with van der Waals surface area (Å²) in [5, 5.41) is 12.1. The van der Waals surface area contributed by atoms with Gasteiger partial charge in [-0.3, -0.25) is 4.79 Å². The Labute approximate surface area is 125 Å². The Hall–Kier alpha value is -1.80. The van der Waals surface area contributed by atoms with Crippen molar-refractivity contribution in [1.29, 1.82) is 5.26 Å². The number of hydrogen-bond acceptors (Lipinski definition) is 3. The smallest absolute Gasteiger partial charge is 0.270 e. The fourth-order valence-electron chi connectivity index (χ4n) is 3.13. The van der Waals surface area contributed by atoms with Crippen molar-refractivity contribution in [3.05, 3.63) is 24.0 Å². The van der Waals surface area contributed by atoms with E-state index in [0.29, 0.717) is 25.0 Å². The highest BCUT2D eigenvalue weighted by Gasteiger charge is 2.34. The molecule has 0 atom stereocenters. The topological polar surface area (TPSA) is 61.1 Å². The molecular weight excluding hydrogens is 264 g/mol. The summed E-state index contributed by atoms with van der Waals surface area (Å²) in [5.41, 5.74) is 0.784. The van der Waals surface area contributed by atoms with Crippen molar-refractivity contribution in [3.63, 3.8) is 0 Å². The average molecular weight is 286 g/mol. The van der Waals surface area contributed by atoms with Crippen molar-refractivity contribution < 1.29 is 4.79 Å². The summed E-state index contributed by atoms with van der Waals surface area (Å²) in [7, 11) is 0. The Kier molecular flexibility index (Phi) is 4.26. The SMILES string of the molecule is N#CCCN(C(=O)c1cccn1C1CCNCC1)C1CC1. The number of nitrogens with zero attached hydrogens (tertiary/aromatic N) is 3. The van der Waals surface area contributed by atoms with Gasteiger partial charge in [-0.1, -0.05) is 0 Å². The zero-order valence-corrected chi connectivity index (χ0v) is 12.3. The number of carbonyl (C=O) groups is 1. The summed E-state index contributed by atoms with van der Waals surface area (Å²) in [5.74, 6) is 0.0938. The first-order valence-electron chi connectivity index (χ1n) is 7.86. The molecular formula is C16H22N4O. The Morgan fingerprint density at radius 1 is 1.38 bits per heavy atom. The third-order valence-corrected chi connectivity index (χ3v) is 4.41. The molecule has 0 aromatic carbocycles. The van der Waals surface area contributed by atoms with Crippen LogP contribution in [-0.4, -0.2) is 41.1 Å². The van der Waals surface area contributed by atoms with E-state index in [2.05, 4.69) is 16.0 Å². The van der Waals surface area contributed by atoms with E-state index in [1.165, 1.54) is 0 Å². The molecule has 2 fully saturated rings. The van der Waals surface area contributed by atoms with Crippen molar-refractivity contribution in [2.24, 2.45) is 0 Å². The minimum absolute atomic E-state index is 0.0938. The van der Waals surface area contributed by atoms with Gasteiger partial charge in [-0.15, -0.1) is 0 Å².